The van der Waals surface area contributed by atoms with Crippen molar-refractivity contribution >= 4 is 5.91 Å². The minimum absolute atomic E-state index is 0.0619. The van der Waals surface area contributed by atoms with E-state index in [2.05, 4.69) is 16.3 Å². The van der Waals surface area contributed by atoms with E-state index in [1.807, 2.05) is 25.1 Å². The summed E-state index contributed by atoms with van der Waals surface area (Å²) in [5, 5.41) is 3.10. The highest BCUT2D eigenvalue weighted by Crippen LogP contribution is 2.32. The molecule has 6 nitrogen and oxygen atoms in total. The van der Waals surface area contributed by atoms with Crippen LogP contribution in [0.1, 0.15) is 40.4 Å². The molecule has 0 aromatic heterocycles. The van der Waals surface area contributed by atoms with Crippen molar-refractivity contribution in [3.05, 3.63) is 53.1 Å². The van der Waals surface area contributed by atoms with Gasteiger partial charge in [0.2, 0.25) is 0 Å². The predicted octanol–water partition coefficient (Wildman–Crippen LogP) is 3.59. The van der Waals surface area contributed by atoms with Crippen LogP contribution >= 0.6 is 0 Å². The summed E-state index contributed by atoms with van der Waals surface area (Å²) in [6.07, 6.45) is 2.35. The molecule has 1 heterocycles. The van der Waals surface area contributed by atoms with Gasteiger partial charge in [0, 0.05) is 23.2 Å². The first-order valence-corrected chi connectivity index (χ1v) is 9.96. The zero-order valence-corrected chi connectivity index (χ0v) is 17.7. The van der Waals surface area contributed by atoms with Crippen molar-refractivity contribution in [3.63, 3.8) is 0 Å². The first-order chi connectivity index (χ1) is 14.1. The van der Waals surface area contributed by atoms with Gasteiger partial charge < -0.3 is 19.5 Å². The Balaban J connectivity index is 1.82. The van der Waals surface area contributed by atoms with Crippen LogP contribution in [-0.4, -0.2) is 51.8 Å². The molecule has 1 amide bonds. The maximum Gasteiger partial charge on any atom is 0.251 e. The Morgan fingerprint density at radius 2 is 1.59 bits per heavy atom. The number of nitrogens with one attached hydrogen (secondary N) is 1. The second-order valence-corrected chi connectivity index (χ2v) is 7.22. The van der Waals surface area contributed by atoms with Crippen LogP contribution in [0.3, 0.4) is 0 Å². The van der Waals surface area contributed by atoms with Gasteiger partial charge in [-0.1, -0.05) is 18.2 Å². The summed E-state index contributed by atoms with van der Waals surface area (Å²) < 4.78 is 16.4. The van der Waals surface area contributed by atoms with E-state index in [9.17, 15) is 4.79 Å². The van der Waals surface area contributed by atoms with E-state index in [-0.39, 0.29) is 11.9 Å². The standard InChI is InChI=1S/C23H30N2O4/c1-16-21(28-3)13-17(14-22(16)29-4)23(26)24-15-19(25-11-7-8-12-25)18-9-5-6-10-20(18)27-2/h5-6,9-10,13-14,19H,7-8,11-12,15H2,1-4H3,(H,24,26). The summed E-state index contributed by atoms with van der Waals surface area (Å²) >= 11 is 0. The van der Waals surface area contributed by atoms with E-state index in [4.69, 9.17) is 14.2 Å². The van der Waals surface area contributed by atoms with Gasteiger partial charge in [0.15, 0.2) is 0 Å². The van der Waals surface area contributed by atoms with Crippen LogP contribution in [0.5, 0.6) is 17.2 Å². The number of ether oxygens (including phenoxy) is 3. The lowest BCUT2D eigenvalue weighted by Gasteiger charge is -2.29. The molecule has 1 atom stereocenters. The third kappa shape index (κ3) is 4.65. The van der Waals surface area contributed by atoms with E-state index < -0.39 is 0 Å². The number of carbonyl (C=O) groups is 1. The maximum atomic E-state index is 12.9. The van der Waals surface area contributed by atoms with Gasteiger partial charge >= 0.3 is 0 Å². The first kappa shape index (κ1) is 21.0. The molecule has 0 aliphatic carbocycles. The summed E-state index contributed by atoms with van der Waals surface area (Å²) in [5.74, 6) is 1.96. The lowest BCUT2D eigenvalue weighted by Crippen LogP contribution is -2.37. The number of methoxy groups -OCH3 is 3. The van der Waals surface area contributed by atoms with Crippen molar-refractivity contribution in [1.82, 2.24) is 10.2 Å². The molecule has 1 N–H and O–H groups in total. The molecule has 1 unspecified atom stereocenters. The number of hydrogen-bond acceptors (Lipinski definition) is 5. The fourth-order valence-corrected chi connectivity index (χ4v) is 3.94. The molecular weight excluding hydrogens is 368 g/mol. The highest BCUT2D eigenvalue weighted by molar-refractivity contribution is 5.95. The van der Waals surface area contributed by atoms with Crippen molar-refractivity contribution in [3.8, 4) is 17.2 Å². The lowest BCUT2D eigenvalue weighted by atomic mass is 10.0. The number of benzene rings is 2. The Kier molecular flexibility index (Phi) is 6.99. The topological polar surface area (TPSA) is 60.0 Å². The Hall–Kier alpha value is -2.73. The van der Waals surface area contributed by atoms with Crippen LogP contribution in [0.25, 0.3) is 0 Å². The highest BCUT2D eigenvalue weighted by atomic mass is 16.5. The number of likely N-dealkylation sites (tertiary alicyclic amines) is 1. The van der Waals surface area contributed by atoms with Gasteiger partial charge in [-0.25, -0.2) is 0 Å². The van der Waals surface area contributed by atoms with Gasteiger partial charge in [-0.05, 0) is 51.1 Å². The maximum absolute atomic E-state index is 12.9. The van der Waals surface area contributed by atoms with Crippen molar-refractivity contribution in [2.75, 3.05) is 41.0 Å². The summed E-state index contributed by atoms with van der Waals surface area (Å²) in [7, 11) is 4.87. The summed E-state index contributed by atoms with van der Waals surface area (Å²) in [6, 6.07) is 11.6. The van der Waals surface area contributed by atoms with Crippen molar-refractivity contribution in [2.45, 2.75) is 25.8 Å². The van der Waals surface area contributed by atoms with Gasteiger partial charge in [-0.2, -0.15) is 0 Å². The molecule has 2 aromatic carbocycles. The molecule has 0 saturated carbocycles. The molecule has 6 heteroatoms. The van der Waals surface area contributed by atoms with Crippen molar-refractivity contribution in [1.29, 1.82) is 0 Å². The molecule has 1 fully saturated rings. The number of amides is 1. The van der Waals surface area contributed by atoms with Crippen molar-refractivity contribution < 1.29 is 19.0 Å². The summed E-state index contributed by atoms with van der Waals surface area (Å²) in [4.78, 5) is 15.3. The monoisotopic (exact) mass is 398 g/mol. The third-order valence-electron chi connectivity index (χ3n) is 5.55. The van der Waals surface area contributed by atoms with Gasteiger partial charge in [-0.15, -0.1) is 0 Å². The Morgan fingerprint density at radius 1 is 1.00 bits per heavy atom. The average molecular weight is 399 g/mol. The third-order valence-corrected chi connectivity index (χ3v) is 5.55. The molecule has 29 heavy (non-hydrogen) atoms. The first-order valence-electron chi connectivity index (χ1n) is 9.96. The normalized spacial score (nSPS) is 15.0. The quantitative estimate of drug-likeness (QED) is 0.736. The largest absolute Gasteiger partial charge is 0.496 e. The second kappa shape index (κ2) is 9.65. The SMILES string of the molecule is COc1ccccc1C(CNC(=O)c1cc(OC)c(C)c(OC)c1)N1CCCC1. The smallest absolute Gasteiger partial charge is 0.251 e. The Bertz CT molecular complexity index is 822. The number of hydrogen-bond donors (Lipinski definition) is 1. The molecule has 3 rings (SSSR count). The fourth-order valence-electron chi connectivity index (χ4n) is 3.94. The van der Waals surface area contributed by atoms with E-state index >= 15 is 0 Å². The number of para-hydroxylation sites is 1. The van der Waals surface area contributed by atoms with Crippen LogP contribution in [0.2, 0.25) is 0 Å². The highest BCUT2D eigenvalue weighted by Gasteiger charge is 2.26. The summed E-state index contributed by atoms with van der Waals surface area (Å²) in [6.45, 7) is 4.44. The second-order valence-electron chi connectivity index (χ2n) is 7.22. The Labute approximate surface area is 172 Å². The molecule has 0 spiro atoms. The van der Waals surface area contributed by atoms with Crippen LogP contribution in [0, 0.1) is 6.92 Å². The molecule has 0 radical (unpaired) electrons. The molecule has 0 bridgehead atoms. The molecule has 1 saturated heterocycles. The van der Waals surface area contributed by atoms with Crippen molar-refractivity contribution in [2.24, 2.45) is 0 Å². The molecular formula is C23H30N2O4. The minimum Gasteiger partial charge on any atom is -0.496 e. The Morgan fingerprint density at radius 3 is 2.17 bits per heavy atom. The number of rotatable bonds is 8. The van der Waals surface area contributed by atoms with E-state index in [1.165, 1.54) is 12.8 Å². The molecule has 1 aliphatic rings. The fraction of sp³-hybridized carbons (Fsp3) is 0.435. The number of nitrogens with zero attached hydrogens (tertiary/aromatic N) is 1. The average Bonchev–Trinajstić information content (AvgIpc) is 3.28. The minimum atomic E-state index is -0.152. The van der Waals surface area contributed by atoms with E-state index in [0.29, 0.717) is 23.6 Å². The lowest BCUT2D eigenvalue weighted by molar-refractivity contribution is 0.0936. The van der Waals surface area contributed by atoms with Gasteiger partial charge in [0.1, 0.15) is 17.2 Å². The van der Waals surface area contributed by atoms with Gasteiger partial charge in [0.05, 0.1) is 27.4 Å². The van der Waals surface area contributed by atoms with E-state index in [0.717, 1.165) is 30.0 Å². The number of carbonyl (C=O) groups excluding carboxylic acids is 1. The molecule has 2 aromatic rings. The molecule has 1 aliphatic heterocycles. The summed E-state index contributed by atoms with van der Waals surface area (Å²) in [5.41, 5.74) is 2.48. The van der Waals surface area contributed by atoms with Crippen LogP contribution in [0.4, 0.5) is 0 Å². The van der Waals surface area contributed by atoms with E-state index in [1.54, 1.807) is 33.5 Å². The van der Waals surface area contributed by atoms with Crippen LogP contribution in [0.15, 0.2) is 36.4 Å². The zero-order valence-electron chi connectivity index (χ0n) is 17.7. The zero-order chi connectivity index (χ0) is 20.8. The van der Waals surface area contributed by atoms with Gasteiger partial charge in [0.25, 0.3) is 5.91 Å². The predicted molar refractivity (Wildman–Crippen MR) is 113 cm³/mol. The van der Waals surface area contributed by atoms with Gasteiger partial charge in [-0.3, -0.25) is 9.69 Å². The van der Waals surface area contributed by atoms with Crippen LogP contribution in [-0.2, 0) is 0 Å². The van der Waals surface area contributed by atoms with Crippen LogP contribution < -0.4 is 19.5 Å². The molecule has 156 valence electrons.